The van der Waals surface area contributed by atoms with Crippen molar-refractivity contribution in [1.82, 2.24) is 9.80 Å². The maximum atomic E-state index is 12.4. The van der Waals surface area contributed by atoms with Crippen LogP contribution in [0.4, 0.5) is 0 Å². The van der Waals surface area contributed by atoms with Gasteiger partial charge in [-0.2, -0.15) is 0 Å². The van der Waals surface area contributed by atoms with Crippen LogP contribution in [-0.2, 0) is 0 Å². The summed E-state index contributed by atoms with van der Waals surface area (Å²) in [5, 5.41) is 0. The van der Waals surface area contributed by atoms with Crippen LogP contribution >= 0.6 is 12.4 Å². The van der Waals surface area contributed by atoms with E-state index in [1.54, 1.807) is 38.4 Å². The maximum absolute atomic E-state index is 12.4. The first-order chi connectivity index (χ1) is 9.54. The Hall–Kier alpha value is -1.59. The summed E-state index contributed by atoms with van der Waals surface area (Å²) >= 11 is 0. The molecule has 1 unspecified atom stereocenters. The molecule has 5 nitrogen and oxygen atoms in total. The molecule has 0 radical (unpaired) electrons. The van der Waals surface area contributed by atoms with Crippen molar-refractivity contribution in [2.75, 3.05) is 27.2 Å². The molecule has 1 aliphatic heterocycles. The van der Waals surface area contributed by atoms with Gasteiger partial charge in [-0.15, -0.1) is 12.4 Å². The van der Waals surface area contributed by atoms with Crippen LogP contribution in [-0.4, -0.2) is 54.8 Å². The number of benzene rings is 1. The molecule has 0 aromatic heterocycles. The average molecular weight is 312 g/mol. The van der Waals surface area contributed by atoms with E-state index in [9.17, 15) is 9.59 Å². The van der Waals surface area contributed by atoms with Gasteiger partial charge in [0.15, 0.2) is 0 Å². The number of carbonyl (C=O) groups is 2. The predicted molar refractivity (Wildman–Crippen MR) is 84.8 cm³/mol. The fourth-order valence-electron chi connectivity index (χ4n) is 2.53. The molecule has 1 atom stereocenters. The van der Waals surface area contributed by atoms with Gasteiger partial charge in [0.1, 0.15) is 0 Å². The van der Waals surface area contributed by atoms with Gasteiger partial charge in [-0.05, 0) is 37.1 Å². The van der Waals surface area contributed by atoms with Gasteiger partial charge < -0.3 is 15.5 Å². The Kier molecular flexibility index (Phi) is 6.18. The molecule has 1 aromatic rings. The highest BCUT2D eigenvalue weighted by Gasteiger charge is 2.28. The van der Waals surface area contributed by atoms with Crippen LogP contribution in [0.15, 0.2) is 24.3 Å². The van der Waals surface area contributed by atoms with E-state index in [4.69, 9.17) is 5.73 Å². The molecule has 1 saturated heterocycles. The highest BCUT2D eigenvalue weighted by atomic mass is 35.5. The third kappa shape index (κ3) is 3.74. The number of hydrogen-bond acceptors (Lipinski definition) is 3. The minimum absolute atomic E-state index is 0. The molecule has 2 rings (SSSR count). The molecule has 2 N–H and O–H groups in total. The summed E-state index contributed by atoms with van der Waals surface area (Å²) in [6.45, 7) is 1.27. The van der Waals surface area contributed by atoms with Crippen LogP contribution in [0.25, 0.3) is 0 Å². The summed E-state index contributed by atoms with van der Waals surface area (Å²) in [5.41, 5.74) is 6.89. The van der Waals surface area contributed by atoms with Crippen LogP contribution in [0.3, 0.4) is 0 Å². The third-order valence-electron chi connectivity index (χ3n) is 3.70. The SMILES string of the molecule is CN(C)C(=O)c1ccc(C(=O)N2CCCC2CN)cc1.Cl. The summed E-state index contributed by atoms with van der Waals surface area (Å²) in [6, 6.07) is 6.97. The molecule has 0 saturated carbocycles. The Bertz CT molecular complexity index is 502. The second-order valence-electron chi connectivity index (χ2n) is 5.31. The van der Waals surface area contributed by atoms with Crippen molar-refractivity contribution in [3.63, 3.8) is 0 Å². The molecule has 6 heteroatoms. The summed E-state index contributed by atoms with van der Waals surface area (Å²) in [5.74, 6) is -0.0631. The molecule has 1 heterocycles. The largest absolute Gasteiger partial charge is 0.345 e. The standard InChI is InChI=1S/C15H21N3O2.ClH/c1-17(2)14(19)11-5-7-12(8-6-11)15(20)18-9-3-4-13(18)10-16;/h5-8,13H,3-4,9-10,16H2,1-2H3;1H. The first-order valence-corrected chi connectivity index (χ1v) is 6.87. The highest BCUT2D eigenvalue weighted by Crippen LogP contribution is 2.19. The molecule has 0 spiro atoms. The van der Waals surface area contributed by atoms with Crippen LogP contribution in [0, 0.1) is 0 Å². The van der Waals surface area contributed by atoms with Crippen molar-refractivity contribution in [3.8, 4) is 0 Å². The van der Waals surface area contributed by atoms with E-state index in [1.807, 2.05) is 4.90 Å². The van der Waals surface area contributed by atoms with Crippen LogP contribution < -0.4 is 5.73 Å². The second-order valence-corrected chi connectivity index (χ2v) is 5.31. The number of carbonyl (C=O) groups excluding carboxylic acids is 2. The van der Waals surface area contributed by atoms with Gasteiger partial charge in [-0.3, -0.25) is 9.59 Å². The molecule has 116 valence electrons. The Labute approximate surface area is 131 Å². The van der Waals surface area contributed by atoms with Crippen molar-refractivity contribution in [1.29, 1.82) is 0 Å². The molecular formula is C15H22ClN3O2. The Morgan fingerprint density at radius 1 is 1.24 bits per heavy atom. The summed E-state index contributed by atoms with van der Waals surface area (Å²) in [7, 11) is 3.41. The molecule has 1 fully saturated rings. The van der Waals surface area contributed by atoms with Crippen molar-refractivity contribution in [2.45, 2.75) is 18.9 Å². The highest BCUT2D eigenvalue weighted by molar-refractivity contribution is 5.97. The van der Waals surface area contributed by atoms with Crippen LogP contribution in [0.5, 0.6) is 0 Å². The van der Waals surface area contributed by atoms with Crippen molar-refractivity contribution < 1.29 is 9.59 Å². The van der Waals surface area contributed by atoms with Gasteiger partial charge in [0.25, 0.3) is 11.8 Å². The van der Waals surface area contributed by atoms with Crippen LogP contribution in [0.1, 0.15) is 33.6 Å². The second kappa shape index (κ2) is 7.43. The first kappa shape index (κ1) is 17.5. The Morgan fingerprint density at radius 2 is 1.81 bits per heavy atom. The molecule has 0 aliphatic carbocycles. The zero-order valence-electron chi connectivity index (χ0n) is 12.4. The van der Waals surface area contributed by atoms with E-state index in [2.05, 4.69) is 0 Å². The normalized spacial score (nSPS) is 17.3. The topological polar surface area (TPSA) is 66.6 Å². The lowest BCUT2D eigenvalue weighted by molar-refractivity contribution is 0.0739. The number of likely N-dealkylation sites (tertiary alicyclic amines) is 1. The molecular weight excluding hydrogens is 290 g/mol. The van der Waals surface area contributed by atoms with Crippen molar-refractivity contribution >= 4 is 24.2 Å². The van der Waals surface area contributed by atoms with Gasteiger partial charge in [-0.1, -0.05) is 0 Å². The van der Waals surface area contributed by atoms with Gasteiger partial charge in [0, 0.05) is 44.4 Å². The van der Waals surface area contributed by atoms with Gasteiger partial charge in [0.2, 0.25) is 0 Å². The molecule has 1 aromatic carbocycles. The van der Waals surface area contributed by atoms with E-state index in [0.717, 1.165) is 19.4 Å². The summed E-state index contributed by atoms with van der Waals surface area (Å²) < 4.78 is 0. The van der Waals surface area contributed by atoms with Gasteiger partial charge in [0.05, 0.1) is 0 Å². The number of amides is 2. The smallest absolute Gasteiger partial charge is 0.254 e. The number of hydrogen-bond donors (Lipinski definition) is 1. The lowest BCUT2D eigenvalue weighted by Crippen LogP contribution is -2.39. The third-order valence-corrected chi connectivity index (χ3v) is 3.70. The van der Waals surface area contributed by atoms with Crippen molar-refractivity contribution in [2.24, 2.45) is 5.73 Å². The van der Waals surface area contributed by atoms with E-state index in [-0.39, 0.29) is 30.3 Å². The molecule has 2 amide bonds. The Morgan fingerprint density at radius 3 is 2.33 bits per heavy atom. The number of rotatable bonds is 3. The maximum Gasteiger partial charge on any atom is 0.254 e. The Balaban J connectivity index is 0.00000220. The number of nitrogens with two attached hydrogens (primary N) is 1. The lowest BCUT2D eigenvalue weighted by atomic mass is 10.1. The van der Waals surface area contributed by atoms with E-state index in [0.29, 0.717) is 17.7 Å². The lowest BCUT2D eigenvalue weighted by Gasteiger charge is -2.23. The predicted octanol–water partition coefficient (Wildman–Crippen LogP) is 1.37. The molecule has 21 heavy (non-hydrogen) atoms. The van der Waals surface area contributed by atoms with E-state index >= 15 is 0 Å². The quantitative estimate of drug-likeness (QED) is 0.917. The average Bonchev–Trinajstić information content (AvgIpc) is 2.94. The van der Waals surface area contributed by atoms with Crippen LogP contribution in [0.2, 0.25) is 0 Å². The van der Waals surface area contributed by atoms with Gasteiger partial charge in [-0.25, -0.2) is 0 Å². The molecule has 1 aliphatic rings. The summed E-state index contributed by atoms with van der Waals surface area (Å²) in [6.07, 6.45) is 1.98. The minimum atomic E-state index is -0.0648. The first-order valence-electron chi connectivity index (χ1n) is 6.87. The van der Waals surface area contributed by atoms with Gasteiger partial charge >= 0.3 is 0 Å². The molecule has 0 bridgehead atoms. The number of halogens is 1. The fourth-order valence-corrected chi connectivity index (χ4v) is 2.53. The van der Waals surface area contributed by atoms with Crippen molar-refractivity contribution in [3.05, 3.63) is 35.4 Å². The minimum Gasteiger partial charge on any atom is -0.345 e. The number of nitrogens with zero attached hydrogens (tertiary/aromatic N) is 2. The van der Waals surface area contributed by atoms with E-state index < -0.39 is 0 Å². The fraction of sp³-hybridized carbons (Fsp3) is 0.467. The zero-order chi connectivity index (χ0) is 14.7. The summed E-state index contributed by atoms with van der Waals surface area (Å²) in [4.78, 5) is 27.6. The zero-order valence-corrected chi connectivity index (χ0v) is 13.2. The monoisotopic (exact) mass is 311 g/mol. The van der Waals surface area contributed by atoms with E-state index in [1.165, 1.54) is 4.90 Å².